The average molecular weight is 204 g/mol. The second-order valence-electron chi connectivity index (χ2n) is 3.57. The zero-order valence-corrected chi connectivity index (χ0v) is 8.90. The average Bonchev–Trinajstić information content (AvgIpc) is 2.85. The van der Waals surface area contributed by atoms with Crippen LogP contribution in [0.3, 0.4) is 0 Å². The van der Waals surface area contributed by atoms with E-state index in [1.54, 1.807) is 0 Å². The van der Waals surface area contributed by atoms with Gasteiger partial charge in [0.15, 0.2) is 0 Å². The molecule has 4 nitrogen and oxygen atoms in total. The van der Waals surface area contributed by atoms with Gasteiger partial charge in [-0.3, -0.25) is 4.68 Å². The van der Waals surface area contributed by atoms with Crippen LogP contribution in [0.2, 0.25) is 0 Å². The largest absolute Gasteiger partial charge is 0.364 e. The summed E-state index contributed by atoms with van der Waals surface area (Å²) in [4.78, 5) is 3.16. The van der Waals surface area contributed by atoms with E-state index in [4.69, 9.17) is 0 Å². The van der Waals surface area contributed by atoms with Crippen molar-refractivity contribution in [3.63, 3.8) is 0 Å². The lowest BCUT2D eigenvalue weighted by atomic mass is 10.3. The van der Waals surface area contributed by atoms with Crippen molar-refractivity contribution in [3.8, 4) is 0 Å². The van der Waals surface area contributed by atoms with Crippen LogP contribution in [0.25, 0.3) is 0 Å². The van der Waals surface area contributed by atoms with E-state index in [0.717, 1.165) is 19.5 Å². The predicted molar refractivity (Wildman–Crippen MR) is 59.4 cm³/mol. The zero-order chi connectivity index (χ0) is 10.5. The first-order valence-corrected chi connectivity index (χ1v) is 5.16. The van der Waals surface area contributed by atoms with Crippen molar-refractivity contribution in [1.29, 1.82) is 0 Å². The van der Waals surface area contributed by atoms with Gasteiger partial charge in [-0.15, -0.1) is 0 Å². The molecule has 0 bridgehead atoms. The third-order valence-electron chi connectivity index (χ3n) is 2.46. The van der Waals surface area contributed by atoms with Gasteiger partial charge in [-0.2, -0.15) is 5.10 Å². The lowest BCUT2D eigenvalue weighted by molar-refractivity contribution is 0.638. The van der Waals surface area contributed by atoms with Crippen molar-refractivity contribution in [1.82, 2.24) is 20.1 Å². The molecule has 0 radical (unpaired) electrons. The smallest absolute Gasteiger partial charge is 0.0492 e. The molecule has 15 heavy (non-hydrogen) atoms. The fourth-order valence-electron chi connectivity index (χ4n) is 1.56. The summed E-state index contributed by atoms with van der Waals surface area (Å²) in [5.41, 5.74) is 2.48. The summed E-state index contributed by atoms with van der Waals surface area (Å²) < 4.78 is 1.91. The molecule has 0 aliphatic carbocycles. The monoisotopic (exact) mass is 204 g/mol. The van der Waals surface area contributed by atoms with Crippen LogP contribution in [0, 0.1) is 0 Å². The number of aromatic nitrogens is 3. The van der Waals surface area contributed by atoms with E-state index >= 15 is 0 Å². The molecular weight excluding hydrogens is 188 g/mol. The Morgan fingerprint density at radius 2 is 2.40 bits per heavy atom. The van der Waals surface area contributed by atoms with Crippen molar-refractivity contribution < 1.29 is 0 Å². The fraction of sp³-hybridized carbons (Fsp3) is 0.364. The minimum atomic E-state index is 0.894. The molecule has 0 amide bonds. The Morgan fingerprint density at radius 3 is 3.07 bits per heavy atom. The second-order valence-corrected chi connectivity index (χ2v) is 3.57. The highest BCUT2D eigenvalue weighted by atomic mass is 15.3. The lowest BCUT2D eigenvalue weighted by Gasteiger charge is -2.03. The Bertz CT molecular complexity index is 388. The van der Waals surface area contributed by atoms with Crippen molar-refractivity contribution in [2.45, 2.75) is 13.0 Å². The lowest BCUT2D eigenvalue weighted by Crippen LogP contribution is -2.18. The predicted octanol–water partition coefficient (Wildman–Crippen LogP) is 1.08. The van der Waals surface area contributed by atoms with Gasteiger partial charge in [0.2, 0.25) is 0 Å². The van der Waals surface area contributed by atoms with Gasteiger partial charge >= 0.3 is 0 Å². The first-order valence-electron chi connectivity index (χ1n) is 5.16. The standard InChI is InChI=1S/C11H16N4/c1-15-11(5-8-14-15)4-7-12-9-10-3-2-6-13-10/h2-3,5-6,8,12-13H,4,7,9H2,1H3. The Morgan fingerprint density at radius 1 is 1.47 bits per heavy atom. The third-order valence-corrected chi connectivity index (χ3v) is 2.46. The minimum Gasteiger partial charge on any atom is -0.364 e. The summed E-state index contributed by atoms with van der Waals surface area (Å²) in [6.45, 7) is 1.86. The molecule has 0 spiro atoms. The quantitative estimate of drug-likeness (QED) is 0.716. The van der Waals surface area contributed by atoms with Crippen LogP contribution in [0.5, 0.6) is 0 Å². The fourth-order valence-corrected chi connectivity index (χ4v) is 1.56. The van der Waals surface area contributed by atoms with Crippen LogP contribution >= 0.6 is 0 Å². The summed E-state index contributed by atoms with van der Waals surface area (Å²) >= 11 is 0. The maximum absolute atomic E-state index is 4.13. The molecule has 0 aliphatic rings. The van der Waals surface area contributed by atoms with E-state index in [0.29, 0.717) is 0 Å². The van der Waals surface area contributed by atoms with Gasteiger partial charge in [-0.25, -0.2) is 0 Å². The van der Waals surface area contributed by atoms with Gasteiger partial charge in [0.25, 0.3) is 0 Å². The normalized spacial score (nSPS) is 10.7. The Balaban J connectivity index is 1.70. The van der Waals surface area contributed by atoms with Crippen LogP contribution < -0.4 is 5.32 Å². The molecule has 0 aliphatic heterocycles. The van der Waals surface area contributed by atoms with E-state index in [1.165, 1.54) is 11.4 Å². The van der Waals surface area contributed by atoms with Gasteiger partial charge in [-0.05, 0) is 18.2 Å². The SMILES string of the molecule is Cn1nccc1CCNCc1ccc[nH]1. The van der Waals surface area contributed by atoms with Gasteiger partial charge in [0.05, 0.1) is 0 Å². The first-order chi connectivity index (χ1) is 7.36. The van der Waals surface area contributed by atoms with E-state index in [-0.39, 0.29) is 0 Å². The number of hydrogen-bond acceptors (Lipinski definition) is 2. The highest BCUT2D eigenvalue weighted by Gasteiger charge is 1.97. The highest BCUT2D eigenvalue weighted by molar-refractivity contribution is 5.03. The molecule has 0 atom stereocenters. The molecular formula is C11H16N4. The van der Waals surface area contributed by atoms with Gasteiger partial charge < -0.3 is 10.3 Å². The molecule has 2 aromatic rings. The number of nitrogens with one attached hydrogen (secondary N) is 2. The molecule has 2 aromatic heterocycles. The Labute approximate surface area is 89.3 Å². The van der Waals surface area contributed by atoms with Crippen molar-refractivity contribution in [2.24, 2.45) is 7.05 Å². The maximum Gasteiger partial charge on any atom is 0.0492 e. The van der Waals surface area contributed by atoms with E-state index in [2.05, 4.69) is 27.5 Å². The summed E-state index contributed by atoms with van der Waals surface area (Å²) in [7, 11) is 1.97. The van der Waals surface area contributed by atoms with Gasteiger partial charge in [0.1, 0.15) is 0 Å². The number of aryl methyl sites for hydroxylation is 1. The molecule has 0 saturated heterocycles. The molecule has 0 saturated carbocycles. The van der Waals surface area contributed by atoms with Crippen LogP contribution in [-0.2, 0) is 20.0 Å². The van der Waals surface area contributed by atoms with Crippen molar-refractivity contribution in [3.05, 3.63) is 42.0 Å². The highest BCUT2D eigenvalue weighted by Crippen LogP contribution is 1.97. The molecule has 2 N–H and O–H groups in total. The van der Waals surface area contributed by atoms with Crippen LogP contribution in [0.15, 0.2) is 30.6 Å². The molecule has 0 aromatic carbocycles. The summed E-state index contributed by atoms with van der Waals surface area (Å²) in [5.74, 6) is 0. The summed E-state index contributed by atoms with van der Waals surface area (Å²) in [6.07, 6.45) is 4.79. The van der Waals surface area contributed by atoms with Crippen LogP contribution in [0.4, 0.5) is 0 Å². The topological polar surface area (TPSA) is 45.6 Å². The molecule has 0 fully saturated rings. The molecule has 2 heterocycles. The van der Waals surface area contributed by atoms with Crippen molar-refractivity contribution >= 4 is 0 Å². The van der Waals surface area contributed by atoms with Gasteiger partial charge in [0, 0.05) is 50.3 Å². The van der Waals surface area contributed by atoms with Crippen molar-refractivity contribution in [2.75, 3.05) is 6.54 Å². The zero-order valence-electron chi connectivity index (χ0n) is 8.90. The number of hydrogen-bond donors (Lipinski definition) is 2. The Hall–Kier alpha value is -1.55. The third kappa shape index (κ3) is 2.70. The number of rotatable bonds is 5. The van der Waals surface area contributed by atoms with Crippen LogP contribution in [0.1, 0.15) is 11.4 Å². The summed E-state index contributed by atoms with van der Waals surface area (Å²) in [6, 6.07) is 6.14. The molecule has 2 rings (SSSR count). The van der Waals surface area contributed by atoms with E-state index < -0.39 is 0 Å². The number of nitrogens with zero attached hydrogens (tertiary/aromatic N) is 2. The number of H-pyrrole nitrogens is 1. The second kappa shape index (κ2) is 4.79. The molecule has 4 heteroatoms. The van der Waals surface area contributed by atoms with E-state index in [1.807, 2.05) is 30.2 Å². The maximum atomic E-state index is 4.13. The minimum absolute atomic E-state index is 0.894. The molecule has 0 unspecified atom stereocenters. The van der Waals surface area contributed by atoms with Gasteiger partial charge in [-0.1, -0.05) is 0 Å². The molecule has 80 valence electrons. The summed E-state index contributed by atoms with van der Waals surface area (Å²) in [5, 5.41) is 7.51. The van der Waals surface area contributed by atoms with E-state index in [9.17, 15) is 0 Å². The first kappa shape index (κ1) is 9.98. The van der Waals surface area contributed by atoms with Crippen LogP contribution in [-0.4, -0.2) is 21.3 Å². The Kier molecular flexibility index (Phi) is 3.19. The number of aromatic amines is 1.